The number of hydrogen-bond donors (Lipinski definition) is 0. The molecule has 0 unspecified atom stereocenters. The lowest BCUT2D eigenvalue weighted by Gasteiger charge is -2.19. The van der Waals surface area contributed by atoms with Crippen molar-refractivity contribution in [1.29, 1.82) is 0 Å². The largest absolute Gasteiger partial charge is 0.355 e. The van der Waals surface area contributed by atoms with Gasteiger partial charge in [0.05, 0.1) is 0 Å². The van der Waals surface area contributed by atoms with Crippen LogP contribution in [0.1, 0.15) is 23.7 Å². The lowest BCUT2D eigenvalue weighted by Crippen LogP contribution is -2.21. The highest BCUT2D eigenvalue weighted by Crippen LogP contribution is 2.36. The van der Waals surface area contributed by atoms with Crippen molar-refractivity contribution in [2.24, 2.45) is 0 Å². The summed E-state index contributed by atoms with van der Waals surface area (Å²) in [6, 6.07) is 21.0. The molecule has 0 spiro atoms. The first-order valence-corrected chi connectivity index (χ1v) is 10.7. The van der Waals surface area contributed by atoms with Crippen LogP contribution in [0, 0.1) is 10.9 Å². The minimum Gasteiger partial charge on any atom is -0.355 e. The number of thiazole rings is 1. The predicted molar refractivity (Wildman–Crippen MR) is 118 cm³/mol. The molecule has 4 nitrogen and oxygen atoms in total. The quantitative estimate of drug-likeness (QED) is 0.421. The summed E-state index contributed by atoms with van der Waals surface area (Å²) in [5, 5.41) is 0. The van der Waals surface area contributed by atoms with Gasteiger partial charge in [0.1, 0.15) is 10.5 Å². The highest BCUT2D eigenvalue weighted by molar-refractivity contribution is 7.73. The molecule has 0 aliphatic carbocycles. The fraction of sp³-hybridized carbons (Fsp3) is 0.227. The number of fused-ring (bicyclic) bond motifs is 1. The van der Waals surface area contributed by atoms with Crippen LogP contribution in [0.25, 0.3) is 16.0 Å². The van der Waals surface area contributed by atoms with Crippen LogP contribution >= 0.6 is 23.6 Å². The van der Waals surface area contributed by atoms with E-state index in [-0.39, 0.29) is 0 Å². The van der Waals surface area contributed by atoms with Gasteiger partial charge in [-0.2, -0.15) is 0 Å². The maximum Gasteiger partial charge on any atom is 0.168 e. The van der Waals surface area contributed by atoms with Gasteiger partial charge in [0.15, 0.2) is 15.4 Å². The van der Waals surface area contributed by atoms with Crippen molar-refractivity contribution >= 4 is 39.7 Å². The van der Waals surface area contributed by atoms with E-state index in [2.05, 4.69) is 51.9 Å². The second-order valence-electron chi connectivity index (χ2n) is 7.13. The van der Waals surface area contributed by atoms with E-state index < -0.39 is 0 Å². The molecule has 5 rings (SSSR count). The summed E-state index contributed by atoms with van der Waals surface area (Å²) in [6.45, 7) is 3.94. The van der Waals surface area contributed by atoms with Crippen LogP contribution in [0.2, 0.25) is 0 Å². The van der Waals surface area contributed by atoms with E-state index in [0.29, 0.717) is 5.92 Å². The van der Waals surface area contributed by atoms with Crippen molar-refractivity contribution < 1.29 is 0 Å². The van der Waals surface area contributed by atoms with E-state index in [4.69, 9.17) is 22.2 Å². The van der Waals surface area contributed by atoms with Crippen molar-refractivity contribution in [2.45, 2.75) is 19.3 Å². The fourth-order valence-corrected chi connectivity index (χ4v) is 5.36. The molecule has 1 atom stereocenters. The van der Waals surface area contributed by atoms with E-state index >= 15 is 0 Å². The van der Waals surface area contributed by atoms with Crippen molar-refractivity contribution in [1.82, 2.24) is 14.5 Å². The summed E-state index contributed by atoms with van der Waals surface area (Å²) < 4.78 is 3.95. The zero-order valence-corrected chi connectivity index (χ0v) is 17.2. The van der Waals surface area contributed by atoms with Gasteiger partial charge in [-0.15, -0.1) is 0 Å². The Balaban J connectivity index is 1.59. The number of anilines is 1. The van der Waals surface area contributed by atoms with Crippen molar-refractivity contribution in [3.05, 3.63) is 76.0 Å². The molecule has 28 heavy (non-hydrogen) atoms. The Labute approximate surface area is 173 Å². The Morgan fingerprint density at radius 3 is 2.46 bits per heavy atom. The van der Waals surface area contributed by atoms with Gasteiger partial charge in [0.25, 0.3) is 0 Å². The summed E-state index contributed by atoms with van der Waals surface area (Å²) in [4.78, 5) is 12.0. The molecule has 1 fully saturated rings. The first kappa shape index (κ1) is 17.5. The normalized spacial score (nSPS) is 16.8. The highest BCUT2D eigenvalue weighted by atomic mass is 32.1. The van der Waals surface area contributed by atoms with Crippen molar-refractivity contribution in [3.8, 4) is 5.69 Å². The van der Waals surface area contributed by atoms with E-state index in [0.717, 1.165) is 51.1 Å². The molecule has 4 aromatic rings. The zero-order valence-electron chi connectivity index (χ0n) is 15.6. The number of nitrogens with zero attached hydrogens (tertiary/aromatic N) is 4. The smallest absolute Gasteiger partial charge is 0.168 e. The standard InChI is InChI=1S/C22H20N4S2/c1-15-23-20(25-13-12-17(14-25)16-8-4-2-5-9-16)19-21(24-15)26(22(27)28-19)18-10-6-3-7-11-18/h2-11,17H,12-14H2,1H3/t17-/m1/s1. The third-order valence-electron chi connectivity index (χ3n) is 5.30. The number of para-hydroxylation sites is 1. The van der Waals surface area contributed by atoms with Gasteiger partial charge in [-0.25, -0.2) is 9.97 Å². The lowest BCUT2D eigenvalue weighted by molar-refractivity contribution is 0.774. The monoisotopic (exact) mass is 404 g/mol. The molecule has 0 amide bonds. The third kappa shape index (κ3) is 3.02. The van der Waals surface area contributed by atoms with Gasteiger partial charge in [-0.3, -0.25) is 4.57 Å². The van der Waals surface area contributed by atoms with Gasteiger partial charge in [0.2, 0.25) is 0 Å². The van der Waals surface area contributed by atoms with Crippen LogP contribution in [-0.4, -0.2) is 27.6 Å². The summed E-state index contributed by atoms with van der Waals surface area (Å²) in [5.41, 5.74) is 3.36. The number of rotatable bonds is 3. The van der Waals surface area contributed by atoms with E-state index in [1.54, 1.807) is 11.3 Å². The highest BCUT2D eigenvalue weighted by Gasteiger charge is 2.27. The summed E-state index contributed by atoms with van der Waals surface area (Å²) in [5.74, 6) is 2.34. The van der Waals surface area contributed by atoms with Gasteiger partial charge in [0, 0.05) is 24.7 Å². The number of aromatic nitrogens is 3. The maximum atomic E-state index is 5.71. The van der Waals surface area contributed by atoms with E-state index in [9.17, 15) is 0 Å². The van der Waals surface area contributed by atoms with Crippen LogP contribution in [-0.2, 0) is 0 Å². The van der Waals surface area contributed by atoms with Crippen LogP contribution in [0.3, 0.4) is 0 Å². The van der Waals surface area contributed by atoms with Gasteiger partial charge in [-0.05, 0) is 43.3 Å². The number of hydrogen-bond acceptors (Lipinski definition) is 5. The zero-order chi connectivity index (χ0) is 19.1. The molecule has 140 valence electrons. The van der Waals surface area contributed by atoms with Crippen LogP contribution in [0.5, 0.6) is 0 Å². The Hall–Kier alpha value is -2.57. The summed E-state index contributed by atoms with van der Waals surface area (Å²) in [6.07, 6.45) is 1.14. The molecular weight excluding hydrogens is 384 g/mol. The van der Waals surface area contributed by atoms with Gasteiger partial charge in [-0.1, -0.05) is 59.9 Å². The van der Waals surface area contributed by atoms with Crippen molar-refractivity contribution in [3.63, 3.8) is 0 Å². The average molecular weight is 405 g/mol. The van der Waals surface area contributed by atoms with Crippen molar-refractivity contribution in [2.75, 3.05) is 18.0 Å². The number of aryl methyl sites for hydroxylation is 1. The molecule has 0 bridgehead atoms. The fourth-order valence-electron chi connectivity index (χ4n) is 3.96. The molecule has 3 heterocycles. The average Bonchev–Trinajstić information content (AvgIpc) is 3.33. The van der Waals surface area contributed by atoms with Crippen LogP contribution < -0.4 is 4.90 Å². The topological polar surface area (TPSA) is 34.0 Å². The molecule has 2 aromatic carbocycles. The Morgan fingerprint density at radius 1 is 1.00 bits per heavy atom. The second kappa shape index (κ2) is 7.11. The van der Waals surface area contributed by atoms with E-state index in [1.165, 1.54) is 5.56 Å². The van der Waals surface area contributed by atoms with Gasteiger partial charge < -0.3 is 4.90 Å². The Kier molecular flexibility index (Phi) is 4.45. The molecule has 1 aliphatic heterocycles. The summed E-state index contributed by atoms with van der Waals surface area (Å²) >= 11 is 7.31. The van der Waals surface area contributed by atoms with E-state index in [1.807, 2.05) is 25.1 Å². The lowest BCUT2D eigenvalue weighted by atomic mass is 9.99. The minimum atomic E-state index is 0.538. The minimum absolute atomic E-state index is 0.538. The third-order valence-corrected chi connectivity index (χ3v) is 6.66. The Bertz CT molecular complexity index is 1180. The molecule has 0 N–H and O–H groups in total. The molecule has 0 radical (unpaired) electrons. The molecule has 1 saturated heterocycles. The molecular formula is C22H20N4S2. The van der Waals surface area contributed by atoms with Crippen LogP contribution in [0.4, 0.5) is 5.82 Å². The predicted octanol–water partition coefficient (Wildman–Crippen LogP) is 5.51. The molecule has 2 aromatic heterocycles. The second-order valence-corrected chi connectivity index (χ2v) is 8.77. The van der Waals surface area contributed by atoms with Crippen LogP contribution in [0.15, 0.2) is 60.7 Å². The first-order chi connectivity index (χ1) is 13.7. The maximum absolute atomic E-state index is 5.71. The molecule has 0 saturated carbocycles. The number of benzene rings is 2. The Morgan fingerprint density at radius 2 is 1.71 bits per heavy atom. The first-order valence-electron chi connectivity index (χ1n) is 9.46. The molecule has 1 aliphatic rings. The summed E-state index contributed by atoms with van der Waals surface area (Å²) in [7, 11) is 0. The van der Waals surface area contributed by atoms with Gasteiger partial charge >= 0.3 is 0 Å². The molecule has 6 heteroatoms. The SMILES string of the molecule is Cc1nc(N2CC[C@@H](c3ccccc3)C2)c2sc(=S)n(-c3ccccc3)c2n1.